The number of hydrogen-bond donors (Lipinski definition) is 1. The summed E-state index contributed by atoms with van der Waals surface area (Å²) < 4.78 is 0. The van der Waals surface area contributed by atoms with Crippen LogP contribution in [0.15, 0.2) is 0 Å². The van der Waals surface area contributed by atoms with E-state index in [1.165, 1.54) is 19.3 Å². The fourth-order valence-electron chi connectivity index (χ4n) is 1.63. The Kier molecular flexibility index (Phi) is 3.36. The molecule has 0 spiro atoms. The lowest BCUT2D eigenvalue weighted by Crippen LogP contribution is -2.49. The second kappa shape index (κ2) is 3.97. The highest BCUT2D eigenvalue weighted by atomic mass is 16.3. The second-order valence-electron chi connectivity index (χ2n) is 5.10. The minimum Gasteiger partial charge on any atom is -0.391 e. The van der Waals surface area contributed by atoms with Crippen LogP contribution in [-0.2, 0) is 0 Å². The number of hydrogen-bond acceptors (Lipinski definition) is 2. The van der Waals surface area contributed by atoms with E-state index in [2.05, 4.69) is 18.7 Å². The predicted molar refractivity (Wildman–Crippen MR) is 55.7 cm³/mol. The van der Waals surface area contributed by atoms with Crippen molar-refractivity contribution in [1.82, 2.24) is 4.90 Å². The monoisotopic (exact) mass is 185 g/mol. The molecule has 2 heteroatoms. The van der Waals surface area contributed by atoms with E-state index in [1.807, 2.05) is 14.1 Å². The van der Waals surface area contributed by atoms with Gasteiger partial charge in [0.1, 0.15) is 0 Å². The summed E-state index contributed by atoms with van der Waals surface area (Å²) in [7, 11) is 4.06. The van der Waals surface area contributed by atoms with Crippen molar-refractivity contribution in [3.05, 3.63) is 0 Å². The molecule has 13 heavy (non-hydrogen) atoms. The van der Waals surface area contributed by atoms with Crippen LogP contribution in [0.4, 0.5) is 0 Å². The third-order valence-corrected chi connectivity index (χ3v) is 3.75. The van der Waals surface area contributed by atoms with E-state index in [0.717, 1.165) is 12.3 Å². The van der Waals surface area contributed by atoms with Crippen molar-refractivity contribution in [2.45, 2.75) is 51.2 Å². The molecule has 1 aliphatic carbocycles. The molecule has 1 N–H and O–H groups in total. The molecular formula is C11H23NO. The molecule has 1 aliphatic rings. The first kappa shape index (κ1) is 11.0. The highest BCUT2D eigenvalue weighted by Crippen LogP contribution is 2.33. The molecule has 1 fully saturated rings. The summed E-state index contributed by atoms with van der Waals surface area (Å²) in [6.07, 6.45) is 4.79. The summed E-state index contributed by atoms with van der Waals surface area (Å²) in [4.78, 5) is 2.11. The molecule has 0 aromatic rings. The average Bonchev–Trinajstić information content (AvgIpc) is 1.95. The van der Waals surface area contributed by atoms with Gasteiger partial charge in [0.2, 0.25) is 0 Å². The van der Waals surface area contributed by atoms with Crippen molar-refractivity contribution in [3.8, 4) is 0 Å². The number of likely N-dealkylation sites (N-methyl/N-ethyl adjacent to an activating group) is 1. The Bertz CT molecular complexity index is 161. The van der Waals surface area contributed by atoms with Gasteiger partial charge in [0.15, 0.2) is 0 Å². The van der Waals surface area contributed by atoms with Gasteiger partial charge in [0.05, 0.1) is 6.10 Å². The quantitative estimate of drug-likeness (QED) is 0.723. The second-order valence-corrected chi connectivity index (χ2v) is 5.10. The molecule has 1 atom stereocenters. The molecule has 0 aliphatic heterocycles. The standard InChI is InChI=1S/C11H23NO/c1-11(2,12(3)4)10(13)8-9-6-5-7-9/h9-10,13H,5-8H2,1-4H3. The highest BCUT2D eigenvalue weighted by molar-refractivity contribution is 4.88. The maximum absolute atomic E-state index is 10.0. The molecule has 0 aromatic heterocycles. The molecule has 1 saturated carbocycles. The van der Waals surface area contributed by atoms with Gasteiger partial charge in [-0.2, -0.15) is 0 Å². The van der Waals surface area contributed by atoms with Gasteiger partial charge >= 0.3 is 0 Å². The minimum atomic E-state index is -0.187. The van der Waals surface area contributed by atoms with Gasteiger partial charge in [0.25, 0.3) is 0 Å². The Morgan fingerprint density at radius 2 is 1.92 bits per heavy atom. The average molecular weight is 185 g/mol. The van der Waals surface area contributed by atoms with Crippen molar-refractivity contribution >= 4 is 0 Å². The van der Waals surface area contributed by atoms with Gasteiger partial charge in [0, 0.05) is 5.54 Å². The van der Waals surface area contributed by atoms with E-state index in [0.29, 0.717) is 0 Å². The lowest BCUT2D eigenvalue weighted by Gasteiger charge is -2.40. The highest BCUT2D eigenvalue weighted by Gasteiger charge is 2.33. The van der Waals surface area contributed by atoms with E-state index in [1.54, 1.807) is 0 Å². The molecule has 0 bridgehead atoms. The summed E-state index contributed by atoms with van der Waals surface area (Å²) in [6, 6.07) is 0. The van der Waals surface area contributed by atoms with Crippen LogP contribution in [0, 0.1) is 5.92 Å². The molecule has 1 rings (SSSR count). The van der Waals surface area contributed by atoms with Gasteiger partial charge in [-0.15, -0.1) is 0 Å². The summed E-state index contributed by atoms with van der Waals surface area (Å²) in [6.45, 7) is 4.21. The van der Waals surface area contributed by atoms with Crippen LogP contribution >= 0.6 is 0 Å². The first-order chi connectivity index (χ1) is 5.94. The normalized spacial score (nSPS) is 21.7. The third kappa shape index (κ3) is 2.44. The van der Waals surface area contributed by atoms with Gasteiger partial charge in [-0.3, -0.25) is 0 Å². The van der Waals surface area contributed by atoms with E-state index >= 15 is 0 Å². The topological polar surface area (TPSA) is 23.5 Å². The van der Waals surface area contributed by atoms with Crippen molar-refractivity contribution < 1.29 is 5.11 Å². The number of nitrogens with zero attached hydrogens (tertiary/aromatic N) is 1. The van der Waals surface area contributed by atoms with Crippen LogP contribution in [0.2, 0.25) is 0 Å². The smallest absolute Gasteiger partial charge is 0.0720 e. The van der Waals surface area contributed by atoms with Crippen molar-refractivity contribution in [2.75, 3.05) is 14.1 Å². The molecule has 2 nitrogen and oxygen atoms in total. The van der Waals surface area contributed by atoms with Crippen LogP contribution < -0.4 is 0 Å². The molecule has 0 heterocycles. The summed E-state index contributed by atoms with van der Waals surface area (Å²) in [5.74, 6) is 0.786. The van der Waals surface area contributed by atoms with Crippen molar-refractivity contribution in [1.29, 1.82) is 0 Å². The van der Waals surface area contributed by atoms with Crippen molar-refractivity contribution in [3.63, 3.8) is 0 Å². The molecule has 0 amide bonds. The SMILES string of the molecule is CN(C)C(C)(C)C(O)CC1CCC1. The Morgan fingerprint density at radius 1 is 1.38 bits per heavy atom. The maximum atomic E-state index is 10.0. The van der Waals surface area contributed by atoms with Crippen LogP contribution in [0.25, 0.3) is 0 Å². The number of aliphatic hydroxyl groups excluding tert-OH is 1. The van der Waals surface area contributed by atoms with E-state index in [-0.39, 0.29) is 11.6 Å². The predicted octanol–water partition coefficient (Wildman–Crippen LogP) is 1.88. The maximum Gasteiger partial charge on any atom is 0.0720 e. The zero-order chi connectivity index (χ0) is 10.1. The summed E-state index contributed by atoms with van der Waals surface area (Å²) >= 11 is 0. The zero-order valence-electron chi connectivity index (χ0n) is 9.38. The minimum absolute atomic E-state index is 0.0877. The molecule has 0 saturated heterocycles. The van der Waals surface area contributed by atoms with Gasteiger partial charge in [-0.05, 0) is 40.3 Å². The summed E-state index contributed by atoms with van der Waals surface area (Å²) in [5.41, 5.74) is -0.0877. The molecular weight excluding hydrogens is 162 g/mol. The van der Waals surface area contributed by atoms with E-state index in [4.69, 9.17) is 0 Å². The molecule has 1 unspecified atom stereocenters. The third-order valence-electron chi connectivity index (χ3n) is 3.75. The molecule has 78 valence electrons. The van der Waals surface area contributed by atoms with E-state index < -0.39 is 0 Å². The van der Waals surface area contributed by atoms with Crippen LogP contribution in [-0.4, -0.2) is 35.7 Å². The van der Waals surface area contributed by atoms with Gasteiger partial charge in [-0.25, -0.2) is 0 Å². The van der Waals surface area contributed by atoms with Crippen molar-refractivity contribution in [2.24, 2.45) is 5.92 Å². The fraction of sp³-hybridized carbons (Fsp3) is 1.00. The Morgan fingerprint density at radius 3 is 2.23 bits per heavy atom. The van der Waals surface area contributed by atoms with Crippen LogP contribution in [0.5, 0.6) is 0 Å². The fourth-order valence-corrected chi connectivity index (χ4v) is 1.63. The van der Waals surface area contributed by atoms with Gasteiger partial charge < -0.3 is 10.0 Å². The number of aliphatic hydroxyl groups is 1. The summed E-state index contributed by atoms with van der Waals surface area (Å²) in [5, 5.41) is 10.0. The van der Waals surface area contributed by atoms with E-state index in [9.17, 15) is 5.11 Å². The Balaban J connectivity index is 2.39. The Labute approximate surface area is 81.9 Å². The first-order valence-corrected chi connectivity index (χ1v) is 5.30. The lowest BCUT2D eigenvalue weighted by molar-refractivity contribution is -0.00561. The van der Waals surface area contributed by atoms with Crippen LogP contribution in [0.3, 0.4) is 0 Å². The first-order valence-electron chi connectivity index (χ1n) is 5.30. The Hall–Kier alpha value is -0.0800. The zero-order valence-corrected chi connectivity index (χ0v) is 9.38. The lowest BCUT2D eigenvalue weighted by atomic mass is 9.78. The van der Waals surface area contributed by atoms with Gasteiger partial charge in [-0.1, -0.05) is 19.3 Å². The molecule has 0 radical (unpaired) electrons. The van der Waals surface area contributed by atoms with Crippen LogP contribution in [0.1, 0.15) is 39.5 Å². The largest absolute Gasteiger partial charge is 0.391 e. The number of rotatable bonds is 4. The molecule has 0 aromatic carbocycles.